The summed E-state index contributed by atoms with van der Waals surface area (Å²) in [5, 5.41) is 6.39. The lowest BCUT2D eigenvalue weighted by Crippen LogP contribution is -2.12. The van der Waals surface area contributed by atoms with Crippen LogP contribution < -0.4 is 10.6 Å². The Kier molecular flexibility index (Phi) is 4.07. The van der Waals surface area contributed by atoms with E-state index in [1.807, 2.05) is 38.2 Å². The molecule has 0 atom stereocenters. The van der Waals surface area contributed by atoms with Crippen LogP contribution in [0.4, 0.5) is 11.4 Å². The summed E-state index contributed by atoms with van der Waals surface area (Å²) in [6.45, 7) is 1.96. The van der Waals surface area contributed by atoms with Crippen molar-refractivity contribution in [3.05, 3.63) is 58.6 Å². The Morgan fingerprint density at radius 2 is 1.84 bits per heavy atom. The average Bonchev–Trinajstić information content (AvgIpc) is 2.41. The fourth-order valence-corrected chi connectivity index (χ4v) is 2.03. The second kappa shape index (κ2) is 5.76. The average molecular weight is 275 g/mol. The van der Waals surface area contributed by atoms with Gasteiger partial charge < -0.3 is 10.6 Å². The fourth-order valence-electron chi connectivity index (χ4n) is 1.84. The number of amides is 1. The maximum atomic E-state index is 12.1. The number of rotatable bonds is 3. The molecular formula is C15H15ClN2O. The van der Waals surface area contributed by atoms with Crippen molar-refractivity contribution in [1.29, 1.82) is 0 Å². The number of halogens is 1. The smallest absolute Gasteiger partial charge is 0.255 e. The molecule has 2 rings (SSSR count). The van der Waals surface area contributed by atoms with Crippen molar-refractivity contribution >= 4 is 28.9 Å². The zero-order chi connectivity index (χ0) is 13.8. The van der Waals surface area contributed by atoms with Gasteiger partial charge in [0.25, 0.3) is 5.91 Å². The lowest BCUT2D eigenvalue weighted by atomic mass is 10.1. The summed E-state index contributed by atoms with van der Waals surface area (Å²) >= 11 is 6.01. The van der Waals surface area contributed by atoms with Gasteiger partial charge in [-0.05, 0) is 42.8 Å². The van der Waals surface area contributed by atoms with Crippen LogP contribution in [0, 0.1) is 6.92 Å². The molecule has 19 heavy (non-hydrogen) atoms. The van der Waals surface area contributed by atoms with E-state index in [2.05, 4.69) is 10.6 Å². The number of para-hydroxylation sites is 1. The molecule has 0 bridgehead atoms. The maximum Gasteiger partial charge on any atom is 0.255 e. The summed E-state index contributed by atoms with van der Waals surface area (Å²) in [6.07, 6.45) is 0. The van der Waals surface area contributed by atoms with Crippen molar-refractivity contribution in [2.45, 2.75) is 6.92 Å². The molecule has 0 aromatic heterocycles. The van der Waals surface area contributed by atoms with Crippen LogP contribution in [-0.4, -0.2) is 13.0 Å². The van der Waals surface area contributed by atoms with Gasteiger partial charge in [0.1, 0.15) is 0 Å². The van der Waals surface area contributed by atoms with Crippen LogP contribution >= 0.6 is 11.6 Å². The number of aryl methyl sites for hydroxylation is 1. The van der Waals surface area contributed by atoms with Gasteiger partial charge in [-0.15, -0.1) is 0 Å². The number of hydrogen-bond acceptors (Lipinski definition) is 2. The van der Waals surface area contributed by atoms with Crippen molar-refractivity contribution < 1.29 is 4.79 Å². The third kappa shape index (κ3) is 3.06. The van der Waals surface area contributed by atoms with Crippen LogP contribution in [0.1, 0.15) is 15.9 Å². The first-order valence-electron chi connectivity index (χ1n) is 5.96. The minimum absolute atomic E-state index is 0.168. The summed E-state index contributed by atoms with van der Waals surface area (Å²) in [4.78, 5) is 12.1. The van der Waals surface area contributed by atoms with Crippen LogP contribution in [0.25, 0.3) is 0 Å². The number of carbonyl (C=O) groups is 1. The van der Waals surface area contributed by atoms with Crippen molar-refractivity contribution in [2.24, 2.45) is 0 Å². The molecule has 1 amide bonds. The minimum atomic E-state index is -0.168. The molecule has 98 valence electrons. The SMILES string of the molecule is CNc1ccc(C(=O)Nc2ccccc2Cl)cc1C. The Bertz CT molecular complexity index is 611. The molecule has 4 heteroatoms. The predicted molar refractivity (Wildman–Crippen MR) is 80.1 cm³/mol. The molecule has 0 saturated heterocycles. The Hall–Kier alpha value is -2.00. The number of nitrogens with one attached hydrogen (secondary N) is 2. The van der Waals surface area contributed by atoms with Gasteiger partial charge >= 0.3 is 0 Å². The zero-order valence-electron chi connectivity index (χ0n) is 10.8. The molecule has 2 aromatic rings. The van der Waals surface area contributed by atoms with Gasteiger partial charge in [-0.3, -0.25) is 4.79 Å². The minimum Gasteiger partial charge on any atom is -0.388 e. The quantitative estimate of drug-likeness (QED) is 0.890. The number of benzene rings is 2. The van der Waals surface area contributed by atoms with Crippen molar-refractivity contribution in [3.8, 4) is 0 Å². The Morgan fingerprint density at radius 3 is 2.47 bits per heavy atom. The molecule has 0 heterocycles. The van der Waals surface area contributed by atoms with E-state index in [1.165, 1.54) is 0 Å². The molecule has 0 unspecified atom stereocenters. The highest BCUT2D eigenvalue weighted by Gasteiger charge is 2.09. The largest absolute Gasteiger partial charge is 0.388 e. The lowest BCUT2D eigenvalue weighted by Gasteiger charge is -2.09. The van der Waals surface area contributed by atoms with Crippen molar-refractivity contribution in [3.63, 3.8) is 0 Å². The second-order valence-corrected chi connectivity index (χ2v) is 4.62. The van der Waals surface area contributed by atoms with Gasteiger partial charge in [0.2, 0.25) is 0 Å². The van der Waals surface area contributed by atoms with Crippen molar-refractivity contribution in [2.75, 3.05) is 17.7 Å². The highest BCUT2D eigenvalue weighted by atomic mass is 35.5. The van der Waals surface area contributed by atoms with E-state index in [9.17, 15) is 4.79 Å². The first-order valence-corrected chi connectivity index (χ1v) is 6.34. The summed E-state index contributed by atoms with van der Waals surface area (Å²) < 4.78 is 0. The van der Waals surface area contributed by atoms with E-state index in [1.54, 1.807) is 18.2 Å². The molecule has 0 fully saturated rings. The number of carbonyl (C=O) groups excluding carboxylic acids is 1. The zero-order valence-corrected chi connectivity index (χ0v) is 11.6. The van der Waals surface area contributed by atoms with Crippen molar-refractivity contribution in [1.82, 2.24) is 0 Å². The Morgan fingerprint density at radius 1 is 1.11 bits per heavy atom. The van der Waals surface area contributed by atoms with E-state index < -0.39 is 0 Å². The molecular weight excluding hydrogens is 260 g/mol. The van der Waals surface area contributed by atoms with Crippen LogP contribution in [0.2, 0.25) is 5.02 Å². The van der Waals surface area contributed by atoms with Gasteiger partial charge in [-0.1, -0.05) is 23.7 Å². The molecule has 2 aromatic carbocycles. The third-order valence-electron chi connectivity index (χ3n) is 2.88. The summed E-state index contributed by atoms with van der Waals surface area (Å²) in [7, 11) is 1.85. The Labute approximate surface area is 117 Å². The van der Waals surface area contributed by atoms with Gasteiger partial charge in [0.15, 0.2) is 0 Å². The molecule has 3 nitrogen and oxygen atoms in total. The van der Waals surface area contributed by atoms with E-state index in [0.29, 0.717) is 16.3 Å². The number of anilines is 2. The second-order valence-electron chi connectivity index (χ2n) is 4.21. The number of hydrogen-bond donors (Lipinski definition) is 2. The van der Waals surface area contributed by atoms with Gasteiger partial charge in [-0.2, -0.15) is 0 Å². The lowest BCUT2D eigenvalue weighted by molar-refractivity contribution is 0.102. The van der Waals surface area contributed by atoms with Crippen LogP contribution in [0.5, 0.6) is 0 Å². The molecule has 0 aliphatic carbocycles. The first-order chi connectivity index (χ1) is 9.11. The third-order valence-corrected chi connectivity index (χ3v) is 3.21. The molecule has 2 N–H and O–H groups in total. The highest BCUT2D eigenvalue weighted by molar-refractivity contribution is 6.33. The van der Waals surface area contributed by atoms with Crippen LogP contribution in [0.15, 0.2) is 42.5 Å². The van der Waals surface area contributed by atoms with Gasteiger partial charge in [0.05, 0.1) is 10.7 Å². The monoisotopic (exact) mass is 274 g/mol. The van der Waals surface area contributed by atoms with Crippen LogP contribution in [0.3, 0.4) is 0 Å². The first kappa shape index (κ1) is 13.4. The highest BCUT2D eigenvalue weighted by Crippen LogP contribution is 2.22. The van der Waals surface area contributed by atoms with E-state index in [4.69, 9.17) is 11.6 Å². The predicted octanol–water partition coefficient (Wildman–Crippen LogP) is 3.94. The van der Waals surface area contributed by atoms with Gasteiger partial charge in [-0.25, -0.2) is 0 Å². The van der Waals surface area contributed by atoms with Crippen LogP contribution in [-0.2, 0) is 0 Å². The normalized spacial score (nSPS) is 10.1. The topological polar surface area (TPSA) is 41.1 Å². The fraction of sp³-hybridized carbons (Fsp3) is 0.133. The maximum absolute atomic E-state index is 12.1. The van der Waals surface area contributed by atoms with E-state index >= 15 is 0 Å². The standard InChI is InChI=1S/C15H15ClN2O/c1-10-9-11(7-8-13(10)17-2)15(19)18-14-6-4-3-5-12(14)16/h3-9,17H,1-2H3,(H,18,19). The summed E-state index contributed by atoms with van der Waals surface area (Å²) in [6, 6.07) is 12.7. The molecule has 0 spiro atoms. The Balaban J connectivity index is 2.21. The molecule has 0 aliphatic rings. The molecule has 0 aliphatic heterocycles. The van der Waals surface area contributed by atoms with Gasteiger partial charge in [0, 0.05) is 18.3 Å². The van der Waals surface area contributed by atoms with E-state index in [-0.39, 0.29) is 5.91 Å². The summed E-state index contributed by atoms with van der Waals surface area (Å²) in [5.74, 6) is -0.168. The molecule has 0 radical (unpaired) electrons. The summed E-state index contributed by atoms with van der Waals surface area (Å²) in [5.41, 5.74) is 3.25. The molecule has 0 saturated carbocycles. The van der Waals surface area contributed by atoms with E-state index in [0.717, 1.165) is 11.3 Å².